The lowest BCUT2D eigenvalue weighted by Gasteiger charge is -2.26. The zero-order valence-electron chi connectivity index (χ0n) is 20.4. The van der Waals surface area contributed by atoms with Crippen molar-refractivity contribution >= 4 is 17.4 Å². The molecule has 0 radical (unpaired) electrons. The van der Waals surface area contributed by atoms with Crippen molar-refractivity contribution in [1.29, 1.82) is 0 Å². The van der Waals surface area contributed by atoms with Gasteiger partial charge in [0.1, 0.15) is 5.76 Å². The number of para-hydroxylation sites is 1. The first-order chi connectivity index (χ1) is 17.0. The predicted molar refractivity (Wildman–Crippen MR) is 134 cm³/mol. The number of aliphatic hydroxyl groups excluding tert-OH is 1. The molecular weight excluding hydrogens is 442 g/mol. The van der Waals surface area contributed by atoms with Gasteiger partial charge in [0.2, 0.25) is 0 Å². The van der Waals surface area contributed by atoms with Crippen LogP contribution in [-0.4, -0.2) is 67.5 Å². The number of carbonyl (C=O) groups excluding carboxylic acids is 2. The fourth-order valence-electron chi connectivity index (χ4n) is 4.62. The molecule has 0 unspecified atom stereocenters. The number of Topliss-reactive ketones (excluding diaryl/α,β-unsaturated/α-hetero) is 1. The van der Waals surface area contributed by atoms with Gasteiger partial charge in [-0.15, -0.1) is 0 Å². The molecule has 1 aliphatic rings. The molecule has 1 aromatic carbocycles. The highest BCUT2D eigenvalue weighted by Crippen LogP contribution is 2.39. The number of hydrogen-bond acceptors (Lipinski definition) is 6. The first-order valence-electron chi connectivity index (χ1n) is 12.0. The third kappa shape index (κ3) is 4.74. The van der Waals surface area contributed by atoms with Crippen LogP contribution in [0, 0.1) is 6.92 Å². The van der Waals surface area contributed by atoms with Crippen molar-refractivity contribution in [2.24, 2.45) is 0 Å². The quantitative estimate of drug-likeness (QED) is 0.289. The van der Waals surface area contributed by atoms with Crippen LogP contribution in [0.3, 0.4) is 0 Å². The molecule has 1 saturated heterocycles. The van der Waals surface area contributed by atoms with Crippen molar-refractivity contribution in [3.63, 3.8) is 0 Å². The van der Waals surface area contributed by atoms with Crippen molar-refractivity contribution in [2.45, 2.75) is 33.2 Å². The van der Waals surface area contributed by atoms with Crippen LogP contribution >= 0.6 is 0 Å². The van der Waals surface area contributed by atoms with Crippen LogP contribution in [0.25, 0.3) is 11.4 Å². The van der Waals surface area contributed by atoms with Crippen LogP contribution in [0.15, 0.2) is 66.6 Å². The van der Waals surface area contributed by atoms with E-state index < -0.39 is 17.7 Å². The van der Waals surface area contributed by atoms with Gasteiger partial charge in [0.25, 0.3) is 11.7 Å². The highest BCUT2D eigenvalue weighted by Gasteiger charge is 2.46. The number of amides is 1. The molecule has 0 bridgehead atoms. The standard InChI is InChI=1S/C27H31N5O3/c1-4-30(5-2)16-9-17-31-24(20-12-14-28-15-13-20)23(26(34)27(31)35)25(33)22-18-29-32(19(22)3)21-10-7-6-8-11-21/h6-8,10-15,18,24,33H,4-5,9,16-17H2,1-3H3/t24-/m1/s1. The van der Waals surface area contributed by atoms with Gasteiger partial charge in [0.05, 0.1) is 34.8 Å². The van der Waals surface area contributed by atoms with Crippen LogP contribution in [-0.2, 0) is 9.59 Å². The Morgan fingerprint density at radius 1 is 1.06 bits per heavy atom. The number of benzene rings is 1. The third-order valence-electron chi connectivity index (χ3n) is 6.60. The highest BCUT2D eigenvalue weighted by atomic mass is 16.3. The van der Waals surface area contributed by atoms with E-state index in [1.807, 2.05) is 37.3 Å². The Morgan fingerprint density at radius 3 is 2.40 bits per heavy atom. The topological polar surface area (TPSA) is 91.6 Å². The summed E-state index contributed by atoms with van der Waals surface area (Å²) in [6.07, 6.45) is 5.52. The van der Waals surface area contributed by atoms with Gasteiger partial charge < -0.3 is 14.9 Å². The Hall–Kier alpha value is -3.78. The van der Waals surface area contributed by atoms with E-state index in [0.717, 1.165) is 37.3 Å². The highest BCUT2D eigenvalue weighted by molar-refractivity contribution is 6.46. The van der Waals surface area contributed by atoms with Gasteiger partial charge in [-0.05, 0) is 62.8 Å². The van der Waals surface area contributed by atoms with E-state index in [2.05, 4.69) is 28.8 Å². The number of aliphatic hydroxyl groups is 1. The average molecular weight is 474 g/mol. The molecule has 8 nitrogen and oxygen atoms in total. The van der Waals surface area contributed by atoms with Crippen LogP contribution in [0.1, 0.15) is 43.1 Å². The molecule has 1 amide bonds. The summed E-state index contributed by atoms with van der Waals surface area (Å²) in [7, 11) is 0. The Labute approximate surface area is 205 Å². The Balaban J connectivity index is 1.74. The molecule has 0 spiro atoms. The van der Waals surface area contributed by atoms with Gasteiger partial charge in [-0.25, -0.2) is 4.68 Å². The smallest absolute Gasteiger partial charge is 0.295 e. The number of rotatable bonds is 9. The molecule has 3 aromatic rings. The minimum Gasteiger partial charge on any atom is -0.507 e. The molecule has 0 saturated carbocycles. The fourth-order valence-corrected chi connectivity index (χ4v) is 4.62. The molecule has 35 heavy (non-hydrogen) atoms. The largest absolute Gasteiger partial charge is 0.507 e. The van der Waals surface area contributed by atoms with E-state index in [9.17, 15) is 14.7 Å². The zero-order valence-corrected chi connectivity index (χ0v) is 20.4. The van der Waals surface area contributed by atoms with Gasteiger partial charge in [-0.2, -0.15) is 5.10 Å². The Morgan fingerprint density at radius 2 is 1.74 bits per heavy atom. The summed E-state index contributed by atoms with van der Waals surface area (Å²) in [5.41, 5.74) is 2.76. The maximum Gasteiger partial charge on any atom is 0.295 e. The van der Waals surface area contributed by atoms with E-state index in [4.69, 9.17) is 0 Å². The molecule has 182 valence electrons. The van der Waals surface area contributed by atoms with Gasteiger partial charge >= 0.3 is 0 Å². The van der Waals surface area contributed by atoms with Crippen molar-refractivity contribution in [3.8, 4) is 5.69 Å². The number of ketones is 1. The molecule has 3 heterocycles. The molecule has 1 fully saturated rings. The lowest BCUT2D eigenvalue weighted by molar-refractivity contribution is -0.140. The van der Waals surface area contributed by atoms with Crippen molar-refractivity contribution in [3.05, 3.63) is 83.4 Å². The van der Waals surface area contributed by atoms with E-state index in [0.29, 0.717) is 17.8 Å². The minimum atomic E-state index is -0.686. The number of carbonyl (C=O) groups is 2. The summed E-state index contributed by atoms with van der Waals surface area (Å²) < 4.78 is 1.71. The van der Waals surface area contributed by atoms with Gasteiger partial charge in [0, 0.05) is 18.9 Å². The Bertz CT molecular complexity index is 1220. The second kappa shape index (κ2) is 10.7. The lowest BCUT2D eigenvalue weighted by atomic mass is 9.96. The molecular formula is C27H31N5O3. The van der Waals surface area contributed by atoms with Crippen LogP contribution in [0.5, 0.6) is 0 Å². The summed E-state index contributed by atoms with van der Waals surface area (Å²) in [5, 5.41) is 15.8. The monoisotopic (exact) mass is 473 g/mol. The minimum absolute atomic E-state index is 0.0831. The molecule has 1 atom stereocenters. The maximum atomic E-state index is 13.2. The number of hydrogen-bond donors (Lipinski definition) is 1. The van der Waals surface area contributed by atoms with Crippen LogP contribution in [0.2, 0.25) is 0 Å². The van der Waals surface area contributed by atoms with Crippen molar-refractivity contribution in [1.82, 2.24) is 24.6 Å². The maximum absolute atomic E-state index is 13.2. The molecule has 1 aliphatic heterocycles. The second-order valence-electron chi connectivity index (χ2n) is 8.54. The molecule has 8 heteroatoms. The summed E-state index contributed by atoms with van der Waals surface area (Å²) in [6, 6.07) is 12.4. The van der Waals surface area contributed by atoms with Gasteiger partial charge in [-0.3, -0.25) is 14.6 Å². The molecule has 2 aromatic heterocycles. The van der Waals surface area contributed by atoms with E-state index in [-0.39, 0.29) is 11.3 Å². The summed E-state index contributed by atoms with van der Waals surface area (Å²) >= 11 is 0. The lowest BCUT2D eigenvalue weighted by Crippen LogP contribution is -2.33. The SMILES string of the molecule is CCN(CC)CCCN1C(=O)C(=O)C(=C(O)c2cnn(-c3ccccc3)c2C)[C@H]1c1ccncc1. The third-order valence-corrected chi connectivity index (χ3v) is 6.60. The second-order valence-corrected chi connectivity index (χ2v) is 8.54. The fraction of sp³-hybridized carbons (Fsp3) is 0.333. The van der Waals surface area contributed by atoms with Crippen LogP contribution < -0.4 is 0 Å². The zero-order chi connectivity index (χ0) is 24.9. The number of nitrogens with zero attached hydrogens (tertiary/aromatic N) is 5. The number of aromatic nitrogens is 3. The number of pyridine rings is 1. The first kappa shape index (κ1) is 24.3. The van der Waals surface area contributed by atoms with E-state index >= 15 is 0 Å². The van der Waals surface area contributed by atoms with Gasteiger partial charge in [-0.1, -0.05) is 32.0 Å². The summed E-state index contributed by atoms with van der Waals surface area (Å²) in [5.74, 6) is -1.49. The normalized spacial score (nSPS) is 17.5. The molecule has 1 N–H and O–H groups in total. The van der Waals surface area contributed by atoms with E-state index in [1.54, 1.807) is 34.1 Å². The molecule has 0 aliphatic carbocycles. The summed E-state index contributed by atoms with van der Waals surface area (Å²) in [6.45, 7) is 9.11. The average Bonchev–Trinajstić information content (AvgIpc) is 3.40. The summed E-state index contributed by atoms with van der Waals surface area (Å²) in [4.78, 5) is 34.3. The number of likely N-dealkylation sites (tertiary alicyclic amines) is 1. The van der Waals surface area contributed by atoms with Crippen LogP contribution in [0.4, 0.5) is 0 Å². The predicted octanol–water partition coefficient (Wildman–Crippen LogP) is 3.73. The van der Waals surface area contributed by atoms with Crippen molar-refractivity contribution < 1.29 is 14.7 Å². The van der Waals surface area contributed by atoms with Gasteiger partial charge in [0.15, 0.2) is 0 Å². The Kier molecular flexibility index (Phi) is 7.41. The molecule has 4 rings (SSSR count). The first-order valence-corrected chi connectivity index (χ1v) is 12.0. The van der Waals surface area contributed by atoms with Crippen molar-refractivity contribution in [2.75, 3.05) is 26.2 Å². The van der Waals surface area contributed by atoms with E-state index in [1.165, 1.54) is 6.20 Å².